The van der Waals surface area contributed by atoms with Gasteiger partial charge in [-0.25, -0.2) is 13.4 Å². The minimum Gasteiger partial charge on any atom is -0.298 e. The SMILES string of the molecule is CC(C)N(C(C)C)S(=O)(=O)c1ccc2nc(NC(=O)c3ccc(N4C(=O)CCC4=O)cc3)sc2c1. The van der Waals surface area contributed by atoms with Gasteiger partial charge in [0.05, 0.1) is 20.8 Å². The lowest BCUT2D eigenvalue weighted by molar-refractivity contribution is -0.121. The predicted molar refractivity (Wildman–Crippen MR) is 135 cm³/mol. The van der Waals surface area contributed by atoms with Crippen molar-refractivity contribution in [2.75, 3.05) is 10.2 Å². The zero-order valence-electron chi connectivity index (χ0n) is 19.8. The van der Waals surface area contributed by atoms with Gasteiger partial charge in [-0.05, 0) is 70.2 Å². The molecule has 1 N–H and O–H groups in total. The topological polar surface area (TPSA) is 117 Å². The molecule has 4 rings (SSSR count). The van der Waals surface area contributed by atoms with Crippen molar-refractivity contribution in [3.8, 4) is 0 Å². The van der Waals surface area contributed by atoms with E-state index < -0.39 is 15.9 Å². The van der Waals surface area contributed by atoms with Crippen LogP contribution in [0.1, 0.15) is 50.9 Å². The lowest BCUT2D eigenvalue weighted by atomic mass is 10.2. The highest BCUT2D eigenvalue weighted by atomic mass is 32.2. The first-order valence-electron chi connectivity index (χ1n) is 11.2. The average molecular weight is 515 g/mol. The zero-order chi connectivity index (χ0) is 25.5. The fourth-order valence-electron chi connectivity index (χ4n) is 4.19. The number of imide groups is 1. The van der Waals surface area contributed by atoms with Crippen molar-refractivity contribution in [3.05, 3.63) is 48.0 Å². The number of aromatic nitrogens is 1. The number of carbonyl (C=O) groups is 3. The predicted octanol–water partition coefficient (Wildman–Crippen LogP) is 4.01. The fourth-order valence-corrected chi connectivity index (χ4v) is 7.02. The number of carbonyl (C=O) groups excluding carboxylic acids is 3. The maximum absolute atomic E-state index is 13.2. The number of anilines is 2. The molecule has 1 aromatic heterocycles. The standard InChI is InChI=1S/C24H26N4O5S2/c1-14(2)28(15(3)4)35(32,33)18-9-10-19-20(13-18)34-24(25-19)26-23(31)16-5-7-17(8-6-16)27-21(29)11-12-22(27)30/h5-10,13-15H,11-12H2,1-4H3,(H,25,26,31). The number of hydrogen-bond donors (Lipinski definition) is 1. The van der Waals surface area contributed by atoms with Gasteiger partial charge in [-0.3, -0.25) is 24.6 Å². The van der Waals surface area contributed by atoms with Gasteiger partial charge in [0.2, 0.25) is 21.8 Å². The van der Waals surface area contributed by atoms with Gasteiger partial charge in [-0.2, -0.15) is 4.31 Å². The van der Waals surface area contributed by atoms with Crippen molar-refractivity contribution >= 4 is 60.1 Å². The van der Waals surface area contributed by atoms with Gasteiger partial charge in [0.25, 0.3) is 5.91 Å². The number of fused-ring (bicyclic) bond motifs is 1. The third kappa shape index (κ3) is 4.84. The van der Waals surface area contributed by atoms with Crippen molar-refractivity contribution in [1.29, 1.82) is 0 Å². The Morgan fingerprint density at radius 3 is 2.17 bits per heavy atom. The van der Waals surface area contributed by atoms with Gasteiger partial charge in [0.1, 0.15) is 0 Å². The molecule has 0 spiro atoms. The highest BCUT2D eigenvalue weighted by Crippen LogP contribution is 2.31. The van der Waals surface area contributed by atoms with Gasteiger partial charge in [0.15, 0.2) is 5.13 Å². The van der Waals surface area contributed by atoms with E-state index in [1.54, 1.807) is 24.3 Å². The number of amides is 3. The van der Waals surface area contributed by atoms with E-state index in [9.17, 15) is 22.8 Å². The molecule has 9 nitrogen and oxygen atoms in total. The van der Waals surface area contributed by atoms with Crippen LogP contribution in [0.25, 0.3) is 10.2 Å². The Bertz CT molecular complexity index is 1390. The molecule has 0 bridgehead atoms. The summed E-state index contributed by atoms with van der Waals surface area (Å²) in [6.07, 6.45) is 0.378. The van der Waals surface area contributed by atoms with E-state index in [0.717, 1.165) is 4.90 Å². The smallest absolute Gasteiger partial charge is 0.257 e. The minimum atomic E-state index is -3.69. The molecular formula is C24H26N4O5S2. The Hall–Kier alpha value is -3.15. The van der Waals surface area contributed by atoms with Crippen LogP contribution in [-0.2, 0) is 19.6 Å². The molecule has 2 aromatic carbocycles. The van der Waals surface area contributed by atoms with Gasteiger partial charge >= 0.3 is 0 Å². The normalized spacial score (nSPS) is 14.7. The summed E-state index contributed by atoms with van der Waals surface area (Å²) in [6, 6.07) is 10.5. The molecule has 0 unspecified atom stereocenters. The number of rotatable bonds is 7. The number of thiazole rings is 1. The molecule has 2 heterocycles. The van der Waals surface area contributed by atoms with E-state index in [4.69, 9.17) is 0 Å². The van der Waals surface area contributed by atoms with Crippen LogP contribution < -0.4 is 10.2 Å². The minimum absolute atomic E-state index is 0.176. The molecule has 3 aromatic rings. The molecule has 0 saturated carbocycles. The number of sulfonamides is 1. The van der Waals surface area contributed by atoms with E-state index in [0.29, 0.717) is 26.6 Å². The average Bonchev–Trinajstić information content (AvgIpc) is 3.34. The molecule has 0 radical (unpaired) electrons. The van der Waals surface area contributed by atoms with Gasteiger partial charge < -0.3 is 0 Å². The summed E-state index contributed by atoms with van der Waals surface area (Å²) in [5.41, 5.74) is 1.34. The molecule has 0 atom stereocenters. The molecule has 0 aliphatic carbocycles. The van der Waals surface area contributed by atoms with Crippen molar-refractivity contribution in [3.63, 3.8) is 0 Å². The molecule has 1 fully saturated rings. The first-order valence-corrected chi connectivity index (χ1v) is 13.5. The summed E-state index contributed by atoms with van der Waals surface area (Å²) in [5.74, 6) is -0.922. The number of nitrogens with one attached hydrogen (secondary N) is 1. The van der Waals surface area contributed by atoms with Gasteiger partial charge in [-0.15, -0.1) is 0 Å². The van der Waals surface area contributed by atoms with Crippen molar-refractivity contribution in [1.82, 2.24) is 9.29 Å². The second-order valence-electron chi connectivity index (χ2n) is 8.79. The Balaban J connectivity index is 1.54. The molecule has 1 aliphatic rings. The summed E-state index contributed by atoms with van der Waals surface area (Å²) in [7, 11) is -3.69. The lowest BCUT2D eigenvalue weighted by Gasteiger charge is -2.29. The molecule has 184 valence electrons. The monoisotopic (exact) mass is 514 g/mol. The Morgan fingerprint density at radius 1 is 1.00 bits per heavy atom. The van der Waals surface area contributed by atoms with E-state index in [1.165, 1.54) is 33.8 Å². The molecule has 1 saturated heterocycles. The maximum atomic E-state index is 13.2. The quantitative estimate of drug-likeness (QED) is 0.476. The van der Waals surface area contributed by atoms with Crippen LogP contribution in [0.4, 0.5) is 10.8 Å². The molecule has 3 amide bonds. The third-order valence-electron chi connectivity index (χ3n) is 5.61. The summed E-state index contributed by atoms with van der Waals surface area (Å²) >= 11 is 1.18. The third-order valence-corrected chi connectivity index (χ3v) is 8.79. The Labute approximate surface area is 207 Å². The van der Waals surface area contributed by atoms with Crippen molar-refractivity contribution < 1.29 is 22.8 Å². The number of hydrogen-bond acceptors (Lipinski definition) is 7. The van der Waals surface area contributed by atoms with E-state index in [-0.39, 0.29) is 41.6 Å². The van der Waals surface area contributed by atoms with Gasteiger partial charge in [-0.1, -0.05) is 11.3 Å². The van der Waals surface area contributed by atoms with Crippen molar-refractivity contribution in [2.45, 2.75) is 57.5 Å². The highest BCUT2D eigenvalue weighted by molar-refractivity contribution is 7.89. The van der Waals surface area contributed by atoms with Crippen molar-refractivity contribution in [2.24, 2.45) is 0 Å². The van der Waals surface area contributed by atoms with Crippen LogP contribution in [0.2, 0.25) is 0 Å². The Morgan fingerprint density at radius 2 is 1.60 bits per heavy atom. The lowest BCUT2D eigenvalue weighted by Crippen LogP contribution is -2.41. The number of nitrogens with zero attached hydrogens (tertiary/aromatic N) is 3. The fraction of sp³-hybridized carbons (Fsp3) is 0.333. The van der Waals surface area contributed by atoms with Crippen LogP contribution >= 0.6 is 11.3 Å². The molecular weight excluding hydrogens is 488 g/mol. The molecule has 1 aliphatic heterocycles. The van der Waals surface area contributed by atoms with Crippen LogP contribution in [0, 0.1) is 0 Å². The summed E-state index contributed by atoms with van der Waals surface area (Å²) < 4.78 is 28.5. The maximum Gasteiger partial charge on any atom is 0.257 e. The second kappa shape index (κ2) is 9.48. The first-order chi connectivity index (χ1) is 16.5. The van der Waals surface area contributed by atoms with Crippen LogP contribution in [-0.4, -0.2) is 47.5 Å². The first kappa shape index (κ1) is 25.0. The number of benzene rings is 2. The Kier molecular flexibility index (Phi) is 6.76. The summed E-state index contributed by atoms with van der Waals surface area (Å²) in [6.45, 7) is 7.35. The van der Waals surface area contributed by atoms with Gasteiger partial charge in [0, 0.05) is 30.5 Å². The highest BCUT2D eigenvalue weighted by Gasteiger charge is 2.31. The van der Waals surface area contributed by atoms with E-state index in [1.807, 2.05) is 27.7 Å². The van der Waals surface area contributed by atoms with E-state index in [2.05, 4.69) is 10.3 Å². The molecule has 11 heteroatoms. The summed E-state index contributed by atoms with van der Waals surface area (Å²) in [5, 5.41) is 3.06. The van der Waals surface area contributed by atoms with Crippen LogP contribution in [0.15, 0.2) is 47.4 Å². The zero-order valence-corrected chi connectivity index (χ0v) is 21.4. The van der Waals surface area contributed by atoms with Crippen LogP contribution in [0.3, 0.4) is 0 Å². The summed E-state index contributed by atoms with van der Waals surface area (Å²) in [4.78, 5) is 42.2. The molecule has 35 heavy (non-hydrogen) atoms. The largest absolute Gasteiger partial charge is 0.298 e. The van der Waals surface area contributed by atoms with E-state index >= 15 is 0 Å². The van der Waals surface area contributed by atoms with Crippen LogP contribution in [0.5, 0.6) is 0 Å². The second-order valence-corrected chi connectivity index (χ2v) is 11.7.